The van der Waals surface area contributed by atoms with Crippen molar-refractivity contribution >= 4 is 28.3 Å². The largest absolute Gasteiger partial charge is 0.347 e. The zero-order valence-corrected chi connectivity index (χ0v) is 15.8. The number of aromatic nitrogens is 1. The predicted molar refractivity (Wildman–Crippen MR) is 107 cm³/mol. The fourth-order valence-electron chi connectivity index (χ4n) is 2.61. The molecule has 0 aliphatic rings. The van der Waals surface area contributed by atoms with Crippen molar-refractivity contribution in [2.45, 2.75) is 26.3 Å². The van der Waals surface area contributed by atoms with Gasteiger partial charge in [0.25, 0.3) is 5.91 Å². The van der Waals surface area contributed by atoms with Crippen molar-refractivity contribution in [3.63, 3.8) is 0 Å². The fourth-order valence-corrected chi connectivity index (χ4v) is 3.59. The highest BCUT2D eigenvalue weighted by molar-refractivity contribution is 7.17. The highest BCUT2D eigenvalue weighted by atomic mass is 32.1. The quantitative estimate of drug-likeness (QED) is 0.660. The summed E-state index contributed by atoms with van der Waals surface area (Å²) in [6.45, 7) is 1.87. The molecule has 0 saturated carbocycles. The molecule has 0 fully saturated rings. The van der Waals surface area contributed by atoms with Crippen LogP contribution < -0.4 is 10.6 Å². The molecule has 0 unspecified atom stereocenters. The second-order valence-corrected chi connectivity index (χ2v) is 7.05. The third-order valence-electron chi connectivity index (χ3n) is 3.92. The van der Waals surface area contributed by atoms with Gasteiger partial charge in [-0.15, -0.1) is 0 Å². The van der Waals surface area contributed by atoms with Gasteiger partial charge in [-0.05, 0) is 30.0 Å². The maximum absolute atomic E-state index is 12.7. The smallest absolute Gasteiger partial charge is 0.263 e. The molecule has 1 aromatic heterocycles. The summed E-state index contributed by atoms with van der Waals surface area (Å²) in [6.07, 6.45) is 1.38. The maximum atomic E-state index is 12.7. The predicted octanol–water partition coefficient (Wildman–Crippen LogP) is 3.62. The Kier molecular flexibility index (Phi) is 6.33. The van der Waals surface area contributed by atoms with E-state index >= 15 is 0 Å². The number of carbonyl (C=O) groups excluding carboxylic acids is 2. The van der Waals surface area contributed by atoms with E-state index < -0.39 is 0 Å². The minimum Gasteiger partial charge on any atom is -0.347 e. The second kappa shape index (κ2) is 9.09. The Balaban J connectivity index is 1.73. The number of benzene rings is 2. The molecular weight excluding hydrogens is 358 g/mol. The van der Waals surface area contributed by atoms with E-state index in [1.807, 2.05) is 54.6 Å². The lowest BCUT2D eigenvalue weighted by Gasteiger charge is -2.05. The number of carbonyl (C=O) groups is 2. The lowest BCUT2D eigenvalue weighted by Crippen LogP contribution is -2.23. The van der Waals surface area contributed by atoms with Gasteiger partial charge in [0.1, 0.15) is 4.88 Å². The molecule has 0 saturated heterocycles. The van der Waals surface area contributed by atoms with E-state index in [0.29, 0.717) is 28.7 Å². The summed E-state index contributed by atoms with van der Waals surface area (Å²) in [6, 6.07) is 20.5. The average Bonchev–Trinajstić information content (AvgIpc) is 3.08. The van der Waals surface area contributed by atoms with Crippen LogP contribution in [-0.2, 0) is 24.2 Å². The molecule has 3 aromatic rings. The topological polar surface area (TPSA) is 71.1 Å². The highest BCUT2D eigenvalue weighted by Crippen LogP contribution is 2.24. The first-order chi connectivity index (χ1) is 13.1. The van der Waals surface area contributed by atoms with Gasteiger partial charge < -0.3 is 10.6 Å². The number of rotatable bonds is 7. The molecular formula is C21H20N3O2S. The van der Waals surface area contributed by atoms with Crippen LogP contribution in [0.5, 0.6) is 0 Å². The molecule has 0 bridgehead atoms. The molecule has 2 N–H and O–H groups in total. The Morgan fingerprint density at radius 1 is 1.04 bits per heavy atom. The van der Waals surface area contributed by atoms with E-state index in [1.165, 1.54) is 18.3 Å². The molecule has 2 amide bonds. The minimum absolute atomic E-state index is 0.177. The Bertz CT molecular complexity index is 908. The Labute approximate surface area is 162 Å². The van der Waals surface area contributed by atoms with Crippen LogP contribution in [0.1, 0.15) is 33.4 Å². The number of nitrogens with zero attached hydrogens (tertiary/aromatic N) is 1. The van der Waals surface area contributed by atoms with Crippen molar-refractivity contribution in [2.75, 3.05) is 5.32 Å². The summed E-state index contributed by atoms with van der Waals surface area (Å²) in [4.78, 5) is 29.0. The van der Waals surface area contributed by atoms with Crippen LogP contribution in [0.4, 0.5) is 5.13 Å². The lowest BCUT2D eigenvalue weighted by molar-refractivity contribution is -0.114. The molecule has 27 heavy (non-hydrogen) atoms. The van der Waals surface area contributed by atoms with Gasteiger partial charge in [-0.25, -0.2) is 4.98 Å². The van der Waals surface area contributed by atoms with Crippen molar-refractivity contribution < 1.29 is 9.59 Å². The maximum Gasteiger partial charge on any atom is 0.263 e. The first kappa shape index (κ1) is 18.8. The van der Waals surface area contributed by atoms with Gasteiger partial charge in [0.15, 0.2) is 5.13 Å². The van der Waals surface area contributed by atoms with Crippen LogP contribution in [-0.4, -0.2) is 16.8 Å². The summed E-state index contributed by atoms with van der Waals surface area (Å²) in [5.41, 5.74) is 2.88. The first-order valence-electron chi connectivity index (χ1n) is 8.66. The van der Waals surface area contributed by atoms with Gasteiger partial charge in [-0.3, -0.25) is 9.59 Å². The standard InChI is InChI=1S/C21H20N3O2S/c1-15(25)23-21-24-18(13-12-16-8-4-2-5-9-16)19(27-21)20(26)22-14-17-10-6-3-7-11-17/h3-11H,12-14H2,1H3,(H,22,26)(H,23,24,25). The van der Waals surface area contributed by atoms with Crippen molar-refractivity contribution in [3.8, 4) is 0 Å². The van der Waals surface area contributed by atoms with E-state index in [2.05, 4.69) is 21.7 Å². The zero-order valence-electron chi connectivity index (χ0n) is 15.0. The third kappa shape index (κ3) is 5.49. The minimum atomic E-state index is -0.204. The number of anilines is 1. The number of hydrogen-bond donors (Lipinski definition) is 2. The van der Waals surface area contributed by atoms with Crippen LogP contribution in [0.25, 0.3) is 0 Å². The van der Waals surface area contributed by atoms with E-state index in [4.69, 9.17) is 0 Å². The molecule has 0 spiro atoms. The molecule has 1 heterocycles. The van der Waals surface area contributed by atoms with Crippen molar-refractivity contribution in [3.05, 3.63) is 82.4 Å². The average molecular weight is 378 g/mol. The second-order valence-electron chi connectivity index (χ2n) is 6.05. The molecule has 0 aliphatic carbocycles. The van der Waals surface area contributed by atoms with Crippen LogP contribution >= 0.6 is 11.3 Å². The van der Waals surface area contributed by atoms with E-state index in [9.17, 15) is 9.59 Å². The number of nitrogens with one attached hydrogen (secondary N) is 2. The number of aryl methyl sites for hydroxylation is 2. The van der Waals surface area contributed by atoms with Crippen molar-refractivity contribution in [1.29, 1.82) is 0 Å². The van der Waals surface area contributed by atoms with Crippen LogP contribution in [0.3, 0.4) is 0 Å². The summed E-state index contributed by atoms with van der Waals surface area (Å²) < 4.78 is 0. The van der Waals surface area contributed by atoms with E-state index in [1.54, 1.807) is 0 Å². The molecule has 1 radical (unpaired) electrons. The lowest BCUT2D eigenvalue weighted by atomic mass is 10.1. The fraction of sp³-hybridized carbons (Fsp3) is 0.190. The SMILES string of the molecule is CC(=O)Nc1nc(CCc2cc[c]cc2)c(C(=O)NCc2ccccc2)s1. The van der Waals surface area contributed by atoms with Crippen LogP contribution in [0.2, 0.25) is 0 Å². The summed E-state index contributed by atoms with van der Waals surface area (Å²) in [5, 5.41) is 6.06. The Hall–Kier alpha value is -2.99. The van der Waals surface area contributed by atoms with Gasteiger partial charge in [-0.2, -0.15) is 0 Å². The molecule has 6 heteroatoms. The summed E-state index contributed by atoms with van der Waals surface area (Å²) in [5.74, 6) is -0.380. The van der Waals surface area contributed by atoms with Gasteiger partial charge in [0.05, 0.1) is 5.69 Å². The van der Waals surface area contributed by atoms with Crippen molar-refractivity contribution in [1.82, 2.24) is 10.3 Å². The molecule has 2 aromatic carbocycles. The number of thiazole rings is 1. The summed E-state index contributed by atoms with van der Waals surface area (Å²) >= 11 is 1.20. The van der Waals surface area contributed by atoms with Gasteiger partial charge in [-0.1, -0.05) is 65.9 Å². The Morgan fingerprint density at radius 2 is 1.78 bits per heavy atom. The number of amides is 2. The molecule has 5 nitrogen and oxygen atoms in total. The third-order valence-corrected chi connectivity index (χ3v) is 4.93. The van der Waals surface area contributed by atoms with Crippen LogP contribution in [0.15, 0.2) is 54.6 Å². The molecule has 137 valence electrons. The normalized spacial score (nSPS) is 10.4. The highest BCUT2D eigenvalue weighted by Gasteiger charge is 2.18. The molecule has 3 rings (SSSR count). The van der Waals surface area contributed by atoms with E-state index in [0.717, 1.165) is 17.5 Å². The van der Waals surface area contributed by atoms with Crippen molar-refractivity contribution in [2.24, 2.45) is 0 Å². The zero-order chi connectivity index (χ0) is 19.1. The molecule has 0 aliphatic heterocycles. The first-order valence-corrected chi connectivity index (χ1v) is 9.48. The van der Waals surface area contributed by atoms with Gasteiger partial charge in [0, 0.05) is 13.5 Å². The van der Waals surface area contributed by atoms with Gasteiger partial charge in [0.2, 0.25) is 5.91 Å². The molecule has 0 atom stereocenters. The van der Waals surface area contributed by atoms with E-state index in [-0.39, 0.29) is 11.8 Å². The summed E-state index contributed by atoms with van der Waals surface area (Å²) in [7, 11) is 0. The monoisotopic (exact) mass is 378 g/mol. The number of hydrogen-bond acceptors (Lipinski definition) is 4. The van der Waals surface area contributed by atoms with Gasteiger partial charge >= 0.3 is 0 Å². The van der Waals surface area contributed by atoms with Crippen LogP contribution in [0, 0.1) is 6.07 Å². The Morgan fingerprint density at radius 3 is 2.48 bits per heavy atom.